The number of rotatable bonds is 5. The summed E-state index contributed by atoms with van der Waals surface area (Å²) in [6.07, 6.45) is 9.38. The number of thiazole rings is 1. The number of nitrogens with one attached hydrogen (secondary N) is 1. The van der Waals surface area contributed by atoms with Crippen molar-refractivity contribution in [1.82, 2.24) is 14.8 Å². The minimum atomic E-state index is -0.199. The van der Waals surface area contributed by atoms with E-state index in [1.165, 1.54) is 28.5 Å². The van der Waals surface area contributed by atoms with Crippen molar-refractivity contribution in [2.45, 2.75) is 13.3 Å². The quantitative estimate of drug-likeness (QED) is 0.725. The third kappa shape index (κ3) is 4.39. The number of amides is 1. The molecule has 3 rings (SSSR count). The van der Waals surface area contributed by atoms with Crippen molar-refractivity contribution in [1.29, 1.82) is 0 Å². The summed E-state index contributed by atoms with van der Waals surface area (Å²) in [7, 11) is 1.84. The molecule has 0 radical (unpaired) electrons. The Hall–Kier alpha value is -2.73. The fourth-order valence-electron chi connectivity index (χ4n) is 2.20. The number of hydrogen-bond donors (Lipinski definition) is 1. The van der Waals surface area contributed by atoms with Gasteiger partial charge < -0.3 is 0 Å². The molecule has 1 aromatic carbocycles. The molecule has 0 atom stereocenters. The molecule has 0 bridgehead atoms. The van der Waals surface area contributed by atoms with Gasteiger partial charge in [0, 0.05) is 42.4 Å². The van der Waals surface area contributed by atoms with Crippen LogP contribution in [-0.4, -0.2) is 20.7 Å². The van der Waals surface area contributed by atoms with Gasteiger partial charge >= 0.3 is 0 Å². The number of aryl methyl sites for hydroxylation is 2. The molecule has 0 aliphatic carbocycles. The summed E-state index contributed by atoms with van der Waals surface area (Å²) in [4.78, 5) is 17.3. The van der Waals surface area contributed by atoms with Crippen molar-refractivity contribution < 1.29 is 4.79 Å². The van der Waals surface area contributed by atoms with E-state index in [0.717, 1.165) is 16.9 Å². The molecule has 3 aromatic rings. The summed E-state index contributed by atoms with van der Waals surface area (Å²) >= 11 is 1.49. The first-order valence-electron chi connectivity index (χ1n) is 7.56. The van der Waals surface area contributed by atoms with Crippen LogP contribution in [0.15, 0.2) is 48.9 Å². The highest BCUT2D eigenvalue weighted by molar-refractivity contribution is 7.15. The van der Waals surface area contributed by atoms with E-state index >= 15 is 0 Å². The zero-order valence-corrected chi connectivity index (χ0v) is 14.4. The lowest BCUT2D eigenvalue weighted by Crippen LogP contribution is -2.06. The molecule has 2 aromatic heterocycles. The van der Waals surface area contributed by atoms with Gasteiger partial charge in [-0.3, -0.25) is 14.8 Å². The van der Waals surface area contributed by atoms with Crippen LogP contribution in [0.4, 0.5) is 5.13 Å². The molecule has 1 amide bonds. The van der Waals surface area contributed by atoms with Gasteiger partial charge in [-0.2, -0.15) is 5.10 Å². The first-order valence-corrected chi connectivity index (χ1v) is 8.38. The summed E-state index contributed by atoms with van der Waals surface area (Å²) < 4.78 is 1.69. The fourth-order valence-corrected chi connectivity index (χ4v) is 3.05. The zero-order chi connectivity index (χ0) is 16.9. The van der Waals surface area contributed by atoms with E-state index < -0.39 is 0 Å². The summed E-state index contributed by atoms with van der Waals surface area (Å²) in [6, 6.07) is 8.43. The maximum atomic E-state index is 11.9. The van der Waals surface area contributed by atoms with Crippen molar-refractivity contribution in [3.05, 3.63) is 70.5 Å². The molecule has 0 aliphatic heterocycles. The second kappa shape index (κ2) is 7.23. The van der Waals surface area contributed by atoms with Gasteiger partial charge in [0.2, 0.25) is 5.91 Å². The topological polar surface area (TPSA) is 59.8 Å². The molecule has 0 fully saturated rings. The minimum Gasteiger partial charge on any atom is -0.298 e. The van der Waals surface area contributed by atoms with Gasteiger partial charge in [0.05, 0.1) is 6.20 Å². The Labute approximate surface area is 144 Å². The molecule has 5 nitrogen and oxygen atoms in total. The maximum absolute atomic E-state index is 11.9. The number of aromatic nitrogens is 3. The van der Waals surface area contributed by atoms with E-state index in [-0.39, 0.29) is 5.91 Å². The summed E-state index contributed by atoms with van der Waals surface area (Å²) in [5.74, 6) is -0.199. The maximum Gasteiger partial charge on any atom is 0.250 e. The summed E-state index contributed by atoms with van der Waals surface area (Å²) in [5.41, 5.74) is 3.36. The van der Waals surface area contributed by atoms with Gasteiger partial charge in [-0.05, 0) is 18.6 Å². The van der Waals surface area contributed by atoms with Crippen molar-refractivity contribution in [3.8, 4) is 0 Å². The second-order valence-corrected chi connectivity index (χ2v) is 6.68. The smallest absolute Gasteiger partial charge is 0.250 e. The van der Waals surface area contributed by atoms with Crippen LogP contribution in [0.1, 0.15) is 21.6 Å². The van der Waals surface area contributed by atoms with E-state index in [9.17, 15) is 4.79 Å². The zero-order valence-electron chi connectivity index (χ0n) is 13.6. The average molecular weight is 338 g/mol. The number of anilines is 1. The van der Waals surface area contributed by atoms with Crippen LogP contribution in [0.3, 0.4) is 0 Å². The molecule has 1 N–H and O–H groups in total. The van der Waals surface area contributed by atoms with Crippen molar-refractivity contribution >= 4 is 28.5 Å². The van der Waals surface area contributed by atoms with Crippen LogP contribution in [0.2, 0.25) is 0 Å². The van der Waals surface area contributed by atoms with E-state index in [4.69, 9.17) is 0 Å². The Balaban J connectivity index is 1.58. The van der Waals surface area contributed by atoms with Crippen LogP contribution in [0.5, 0.6) is 0 Å². The third-order valence-corrected chi connectivity index (χ3v) is 4.35. The highest BCUT2D eigenvalue weighted by Gasteiger charge is 2.05. The third-order valence-electron chi connectivity index (χ3n) is 3.43. The SMILES string of the molecule is Cc1ccc(Cc2cnc(NC(=O)/C=C/c3cnn(C)c3)s2)cc1. The molecule has 0 saturated heterocycles. The van der Waals surface area contributed by atoms with Crippen LogP contribution in [-0.2, 0) is 18.3 Å². The molecule has 0 saturated carbocycles. The highest BCUT2D eigenvalue weighted by Crippen LogP contribution is 2.21. The second-order valence-electron chi connectivity index (χ2n) is 5.56. The van der Waals surface area contributed by atoms with E-state index in [1.54, 1.807) is 17.0 Å². The van der Waals surface area contributed by atoms with Gasteiger partial charge in [0.15, 0.2) is 5.13 Å². The predicted molar refractivity (Wildman–Crippen MR) is 97.0 cm³/mol. The Morgan fingerprint density at radius 1 is 1.29 bits per heavy atom. The van der Waals surface area contributed by atoms with Crippen LogP contribution < -0.4 is 5.32 Å². The minimum absolute atomic E-state index is 0.199. The Bertz CT molecular complexity index is 861. The van der Waals surface area contributed by atoms with Gasteiger partial charge in [0.1, 0.15) is 0 Å². The molecular formula is C18H18N4OS. The van der Waals surface area contributed by atoms with Crippen molar-refractivity contribution in [2.75, 3.05) is 5.32 Å². The van der Waals surface area contributed by atoms with E-state index in [1.807, 2.05) is 19.4 Å². The van der Waals surface area contributed by atoms with Gasteiger partial charge in [-0.1, -0.05) is 29.8 Å². The normalized spacial score (nSPS) is 11.1. The first kappa shape index (κ1) is 16.1. The Morgan fingerprint density at radius 2 is 2.08 bits per heavy atom. The summed E-state index contributed by atoms with van der Waals surface area (Å²) in [5, 5.41) is 7.45. The fraction of sp³-hybridized carbons (Fsp3) is 0.167. The largest absolute Gasteiger partial charge is 0.298 e. The highest BCUT2D eigenvalue weighted by atomic mass is 32.1. The Morgan fingerprint density at radius 3 is 2.79 bits per heavy atom. The number of hydrogen-bond acceptors (Lipinski definition) is 4. The number of benzene rings is 1. The molecule has 2 heterocycles. The number of carbonyl (C=O) groups excluding carboxylic acids is 1. The molecule has 0 unspecified atom stereocenters. The molecule has 6 heteroatoms. The molecule has 24 heavy (non-hydrogen) atoms. The van der Waals surface area contributed by atoms with Crippen LogP contribution in [0, 0.1) is 6.92 Å². The predicted octanol–water partition coefficient (Wildman–Crippen LogP) is 3.43. The van der Waals surface area contributed by atoms with Crippen LogP contribution in [0.25, 0.3) is 6.08 Å². The Kier molecular flexibility index (Phi) is 4.86. The average Bonchev–Trinajstić information content (AvgIpc) is 3.17. The number of nitrogens with zero attached hydrogens (tertiary/aromatic N) is 3. The van der Waals surface area contributed by atoms with Gasteiger partial charge in [-0.15, -0.1) is 11.3 Å². The van der Waals surface area contributed by atoms with Crippen molar-refractivity contribution in [3.63, 3.8) is 0 Å². The lowest BCUT2D eigenvalue weighted by molar-refractivity contribution is -0.111. The van der Waals surface area contributed by atoms with Gasteiger partial charge in [-0.25, -0.2) is 4.98 Å². The van der Waals surface area contributed by atoms with E-state index in [0.29, 0.717) is 5.13 Å². The molecule has 0 aliphatic rings. The lowest BCUT2D eigenvalue weighted by Gasteiger charge is -1.99. The standard InChI is InChI=1S/C18H18N4OS/c1-13-3-5-14(6-4-13)9-16-11-19-18(24-16)21-17(23)8-7-15-10-20-22(2)12-15/h3-8,10-12H,9H2,1-2H3,(H,19,21,23)/b8-7+. The molecule has 122 valence electrons. The molecular weight excluding hydrogens is 320 g/mol. The van der Waals surface area contributed by atoms with E-state index in [2.05, 4.69) is 46.6 Å². The summed E-state index contributed by atoms with van der Waals surface area (Å²) in [6.45, 7) is 2.07. The molecule has 0 spiro atoms. The first-order chi connectivity index (χ1) is 11.6. The number of carbonyl (C=O) groups is 1. The van der Waals surface area contributed by atoms with Crippen molar-refractivity contribution in [2.24, 2.45) is 7.05 Å². The lowest BCUT2D eigenvalue weighted by atomic mass is 10.1. The van der Waals surface area contributed by atoms with Crippen LogP contribution >= 0.6 is 11.3 Å². The van der Waals surface area contributed by atoms with Gasteiger partial charge in [0.25, 0.3) is 0 Å². The monoisotopic (exact) mass is 338 g/mol.